The fourth-order valence-electron chi connectivity index (χ4n) is 1.02. The summed E-state index contributed by atoms with van der Waals surface area (Å²) in [7, 11) is 0. The van der Waals surface area contributed by atoms with Crippen molar-refractivity contribution < 1.29 is 18.1 Å². The van der Waals surface area contributed by atoms with Crippen LogP contribution < -0.4 is 5.73 Å². The number of H-pyrrole nitrogens is 1. The lowest BCUT2D eigenvalue weighted by Crippen LogP contribution is -2.28. The number of alkyl halides is 3. The molecule has 1 aromatic rings. The summed E-state index contributed by atoms with van der Waals surface area (Å²) in [6, 6.07) is 0.727. The molecule has 1 atom stereocenters. The van der Waals surface area contributed by atoms with Gasteiger partial charge < -0.3 is 15.8 Å². The molecule has 9 heteroatoms. The van der Waals surface area contributed by atoms with Crippen molar-refractivity contribution in [1.82, 2.24) is 10.2 Å². The third kappa shape index (κ3) is 2.43. The molecule has 84 valence electrons. The van der Waals surface area contributed by atoms with Crippen LogP contribution in [0.3, 0.4) is 0 Å². The van der Waals surface area contributed by atoms with E-state index in [1.165, 1.54) is 0 Å². The molecule has 0 spiro atoms. The Hall–Kier alpha value is -1.64. The second-order valence-electron chi connectivity index (χ2n) is 2.77. The monoisotopic (exact) mass is 224 g/mol. The molecule has 15 heavy (non-hydrogen) atoms. The number of rotatable bonds is 3. The maximum absolute atomic E-state index is 12.3. The first-order chi connectivity index (χ1) is 6.86. The van der Waals surface area contributed by atoms with E-state index in [4.69, 9.17) is 5.73 Å². The van der Waals surface area contributed by atoms with Gasteiger partial charge in [-0.1, -0.05) is 5.10 Å². The maximum Gasteiger partial charge on any atom is 0.398 e. The molecule has 0 aliphatic heterocycles. The lowest BCUT2D eigenvalue weighted by Gasteiger charge is -2.14. The van der Waals surface area contributed by atoms with Crippen LogP contribution in [0.1, 0.15) is 11.6 Å². The van der Waals surface area contributed by atoms with Gasteiger partial charge in [-0.3, -0.25) is 0 Å². The maximum atomic E-state index is 12.3. The Bertz CT molecular complexity index is 362. The Morgan fingerprint density at radius 3 is 2.60 bits per heavy atom. The zero-order chi connectivity index (χ0) is 11.6. The number of halogens is 3. The van der Waals surface area contributed by atoms with Crippen molar-refractivity contribution in [2.45, 2.75) is 12.1 Å². The molecule has 6 nitrogen and oxygen atoms in total. The van der Waals surface area contributed by atoms with Gasteiger partial charge in [-0.15, -0.1) is 5.10 Å². The third-order valence-corrected chi connectivity index (χ3v) is 1.77. The van der Waals surface area contributed by atoms with E-state index in [-0.39, 0.29) is 0 Å². The highest BCUT2D eigenvalue weighted by Crippen LogP contribution is 2.33. The van der Waals surface area contributed by atoms with Crippen molar-refractivity contribution in [3.8, 4) is 0 Å². The van der Waals surface area contributed by atoms with E-state index in [1.54, 1.807) is 0 Å². The van der Waals surface area contributed by atoms with Crippen LogP contribution in [-0.4, -0.2) is 27.8 Å². The SMILES string of the molecule is NCC(c1cc([N+](=O)[O-])[nH]n1)C(F)(F)F. The van der Waals surface area contributed by atoms with Gasteiger partial charge in [0.2, 0.25) is 0 Å². The van der Waals surface area contributed by atoms with E-state index in [2.05, 4.69) is 5.10 Å². The van der Waals surface area contributed by atoms with Crippen LogP contribution in [0.25, 0.3) is 0 Å². The molecule has 1 aromatic heterocycles. The molecule has 1 heterocycles. The summed E-state index contributed by atoms with van der Waals surface area (Å²) in [6.45, 7) is -0.703. The van der Waals surface area contributed by atoms with Gasteiger partial charge in [-0.25, -0.2) is 0 Å². The highest BCUT2D eigenvalue weighted by atomic mass is 19.4. The predicted molar refractivity (Wildman–Crippen MR) is 43.1 cm³/mol. The number of hydrogen-bond donors (Lipinski definition) is 2. The average Bonchev–Trinajstić information content (AvgIpc) is 2.51. The smallest absolute Gasteiger partial charge is 0.358 e. The zero-order valence-corrected chi connectivity index (χ0v) is 7.28. The normalized spacial score (nSPS) is 13.9. The number of nitrogens with zero attached hydrogens (tertiary/aromatic N) is 2. The van der Waals surface area contributed by atoms with Gasteiger partial charge in [0.25, 0.3) is 0 Å². The van der Waals surface area contributed by atoms with Crippen molar-refractivity contribution in [3.63, 3.8) is 0 Å². The van der Waals surface area contributed by atoms with E-state index < -0.39 is 35.1 Å². The van der Waals surface area contributed by atoms with Crippen molar-refractivity contribution >= 4 is 5.82 Å². The molecule has 0 aliphatic carbocycles. The van der Waals surface area contributed by atoms with Crippen LogP contribution in [0.5, 0.6) is 0 Å². The Labute approximate surface area is 81.4 Å². The first-order valence-electron chi connectivity index (χ1n) is 3.82. The number of nitro groups is 1. The molecule has 1 unspecified atom stereocenters. The van der Waals surface area contributed by atoms with Crippen LogP contribution in [0, 0.1) is 10.1 Å². The van der Waals surface area contributed by atoms with Gasteiger partial charge in [0.1, 0.15) is 11.6 Å². The van der Waals surface area contributed by atoms with Crippen molar-refractivity contribution in [2.75, 3.05) is 6.54 Å². The first-order valence-corrected chi connectivity index (χ1v) is 3.82. The van der Waals surface area contributed by atoms with Crippen LogP contribution >= 0.6 is 0 Å². The molecule has 0 aliphatic rings. The summed E-state index contributed by atoms with van der Waals surface area (Å²) >= 11 is 0. The van der Waals surface area contributed by atoms with Crippen molar-refractivity contribution in [3.05, 3.63) is 21.9 Å². The van der Waals surface area contributed by atoms with Gasteiger partial charge in [0.05, 0.1) is 6.07 Å². The fraction of sp³-hybridized carbons (Fsp3) is 0.500. The quantitative estimate of drug-likeness (QED) is 0.589. The van der Waals surface area contributed by atoms with Gasteiger partial charge in [-0.05, 0) is 4.92 Å². The molecule has 0 aromatic carbocycles. The average molecular weight is 224 g/mol. The largest absolute Gasteiger partial charge is 0.398 e. The molecule has 0 saturated carbocycles. The van der Waals surface area contributed by atoms with Crippen molar-refractivity contribution in [2.24, 2.45) is 5.73 Å². The first kappa shape index (κ1) is 11.4. The highest BCUT2D eigenvalue weighted by molar-refractivity contribution is 5.24. The molecule has 0 bridgehead atoms. The molecule has 0 radical (unpaired) electrons. The van der Waals surface area contributed by atoms with Gasteiger partial charge >= 0.3 is 12.0 Å². The second kappa shape index (κ2) is 3.85. The van der Waals surface area contributed by atoms with Gasteiger partial charge in [0, 0.05) is 6.54 Å². The van der Waals surface area contributed by atoms with Crippen molar-refractivity contribution in [1.29, 1.82) is 0 Å². The van der Waals surface area contributed by atoms with Crippen LogP contribution in [0.15, 0.2) is 6.07 Å². The number of aromatic nitrogens is 2. The third-order valence-electron chi connectivity index (χ3n) is 1.77. The lowest BCUT2D eigenvalue weighted by molar-refractivity contribution is -0.389. The highest BCUT2D eigenvalue weighted by Gasteiger charge is 2.42. The minimum absolute atomic E-state index is 0.475. The number of aromatic amines is 1. The summed E-state index contributed by atoms with van der Waals surface area (Å²) in [4.78, 5) is 9.34. The molecule has 0 saturated heterocycles. The molecule has 3 N–H and O–H groups in total. The minimum atomic E-state index is -4.56. The van der Waals surface area contributed by atoms with Gasteiger partial charge in [0.15, 0.2) is 0 Å². The standard InChI is InChI=1S/C6H7F3N4O2/c7-6(8,9)3(2-10)4-1-5(12-11-4)13(14)15/h1,3H,2,10H2,(H,11,12). The summed E-state index contributed by atoms with van der Waals surface area (Å²) in [5.74, 6) is -2.57. The zero-order valence-electron chi connectivity index (χ0n) is 7.28. The number of nitrogens with one attached hydrogen (secondary N) is 1. The molecular formula is C6H7F3N4O2. The molecule has 1 rings (SSSR count). The van der Waals surface area contributed by atoms with Crippen LogP contribution in [0.4, 0.5) is 19.0 Å². The Balaban J connectivity index is 2.98. The predicted octanol–water partition coefficient (Wildman–Crippen LogP) is 0.922. The summed E-state index contributed by atoms with van der Waals surface area (Å²) in [6.07, 6.45) is -4.56. The van der Waals surface area contributed by atoms with E-state index in [0.717, 1.165) is 6.07 Å². The van der Waals surface area contributed by atoms with Gasteiger partial charge in [-0.2, -0.15) is 13.2 Å². The van der Waals surface area contributed by atoms with Crippen LogP contribution in [-0.2, 0) is 0 Å². The summed E-state index contributed by atoms with van der Waals surface area (Å²) in [5.41, 5.74) is 4.46. The van der Waals surface area contributed by atoms with E-state index in [1.807, 2.05) is 5.10 Å². The van der Waals surface area contributed by atoms with E-state index in [0.29, 0.717) is 0 Å². The lowest BCUT2D eigenvalue weighted by atomic mass is 10.1. The van der Waals surface area contributed by atoms with Crippen LogP contribution in [0.2, 0.25) is 0 Å². The number of hydrogen-bond acceptors (Lipinski definition) is 4. The summed E-state index contributed by atoms with van der Waals surface area (Å²) < 4.78 is 36.9. The minimum Gasteiger partial charge on any atom is -0.358 e. The topological polar surface area (TPSA) is 97.8 Å². The number of nitrogens with two attached hydrogens (primary N) is 1. The Morgan fingerprint density at radius 1 is 1.67 bits per heavy atom. The second-order valence-corrected chi connectivity index (χ2v) is 2.77. The Morgan fingerprint density at radius 2 is 2.27 bits per heavy atom. The fourth-order valence-corrected chi connectivity index (χ4v) is 1.02. The van der Waals surface area contributed by atoms with E-state index >= 15 is 0 Å². The summed E-state index contributed by atoms with van der Waals surface area (Å²) in [5, 5.41) is 15.3. The van der Waals surface area contributed by atoms with E-state index in [9.17, 15) is 23.3 Å². The molecule has 0 fully saturated rings. The molecule has 0 amide bonds. The Kier molecular flexibility index (Phi) is 2.93. The molecular weight excluding hydrogens is 217 g/mol.